The zero-order chi connectivity index (χ0) is 13.3. The van der Waals surface area contributed by atoms with Gasteiger partial charge in [0.25, 0.3) is 5.69 Å². The average Bonchev–Trinajstić information content (AvgIpc) is 2.72. The van der Waals surface area contributed by atoms with Crippen molar-refractivity contribution in [2.24, 2.45) is 5.73 Å². The number of nitro groups is 1. The molecule has 0 aliphatic carbocycles. The van der Waals surface area contributed by atoms with Crippen molar-refractivity contribution in [3.63, 3.8) is 0 Å². The fourth-order valence-electron chi connectivity index (χ4n) is 1.89. The van der Waals surface area contributed by atoms with Crippen LogP contribution in [0.4, 0.5) is 5.69 Å². The van der Waals surface area contributed by atoms with Crippen molar-refractivity contribution < 1.29 is 14.4 Å². The van der Waals surface area contributed by atoms with Gasteiger partial charge < -0.3 is 15.2 Å². The van der Waals surface area contributed by atoms with Crippen LogP contribution in [0, 0.1) is 10.1 Å². The minimum absolute atomic E-state index is 0.0481. The van der Waals surface area contributed by atoms with E-state index in [0.29, 0.717) is 23.5 Å². The second-order valence-corrected chi connectivity index (χ2v) is 4.29. The molecular formula is C12H14N2O4. The molecule has 0 radical (unpaired) electrons. The van der Waals surface area contributed by atoms with E-state index < -0.39 is 11.0 Å². The van der Waals surface area contributed by atoms with Crippen molar-refractivity contribution in [1.29, 1.82) is 0 Å². The van der Waals surface area contributed by atoms with Crippen LogP contribution in [0.2, 0.25) is 0 Å². The van der Waals surface area contributed by atoms with E-state index in [4.69, 9.17) is 15.2 Å². The number of nitro benzene ring substituents is 1. The third-order valence-corrected chi connectivity index (χ3v) is 2.69. The summed E-state index contributed by atoms with van der Waals surface area (Å²) < 4.78 is 10.3. The molecule has 1 atom stereocenters. The number of nitrogens with zero attached hydrogens (tertiary/aromatic N) is 1. The smallest absolute Gasteiger partial charge is 0.278 e. The molecule has 0 aromatic heterocycles. The quantitative estimate of drug-likeness (QED) is 0.503. The second kappa shape index (κ2) is 4.66. The van der Waals surface area contributed by atoms with Crippen LogP contribution in [-0.4, -0.2) is 11.7 Å². The lowest BCUT2D eigenvalue weighted by Crippen LogP contribution is -2.12. The highest BCUT2D eigenvalue weighted by Gasteiger charge is 2.26. The molecule has 2 N–H and O–H groups in total. The van der Waals surface area contributed by atoms with Crippen LogP contribution in [0.5, 0.6) is 11.5 Å². The summed E-state index contributed by atoms with van der Waals surface area (Å²) >= 11 is 0. The SMILES string of the molecule is C=C(C)C[C@H](N)c1cc2c(cc1[N+](=O)[O-])OCO2. The van der Waals surface area contributed by atoms with Gasteiger partial charge in [-0.3, -0.25) is 10.1 Å². The highest BCUT2D eigenvalue weighted by atomic mass is 16.7. The number of hydrogen-bond acceptors (Lipinski definition) is 5. The maximum Gasteiger partial charge on any atom is 0.278 e. The lowest BCUT2D eigenvalue weighted by Gasteiger charge is -2.12. The van der Waals surface area contributed by atoms with E-state index in [1.54, 1.807) is 6.07 Å². The molecule has 0 amide bonds. The lowest BCUT2D eigenvalue weighted by atomic mass is 9.99. The molecular weight excluding hydrogens is 236 g/mol. The Kier molecular flexibility index (Phi) is 3.20. The van der Waals surface area contributed by atoms with Crippen molar-refractivity contribution >= 4 is 5.69 Å². The standard InChI is InChI=1S/C12H14N2O4/c1-7(2)3-9(13)8-4-11-12(18-6-17-11)5-10(8)14(15)16/h4-5,9H,1,3,6,13H2,2H3/t9-/m0/s1. The van der Waals surface area contributed by atoms with Crippen LogP contribution in [0.25, 0.3) is 0 Å². The zero-order valence-electron chi connectivity index (χ0n) is 10.0. The molecule has 0 saturated carbocycles. The molecule has 0 saturated heterocycles. The summed E-state index contributed by atoms with van der Waals surface area (Å²) in [5.74, 6) is 0.876. The fraction of sp³-hybridized carbons (Fsp3) is 0.333. The first-order valence-electron chi connectivity index (χ1n) is 5.47. The van der Waals surface area contributed by atoms with Gasteiger partial charge in [0.05, 0.1) is 16.6 Å². The molecule has 2 rings (SSSR count). The van der Waals surface area contributed by atoms with Gasteiger partial charge in [-0.05, 0) is 19.4 Å². The molecule has 1 aromatic rings. The summed E-state index contributed by atoms with van der Waals surface area (Å²) in [6.45, 7) is 5.67. The maximum absolute atomic E-state index is 11.0. The Morgan fingerprint density at radius 3 is 2.72 bits per heavy atom. The molecule has 96 valence electrons. The lowest BCUT2D eigenvalue weighted by molar-refractivity contribution is -0.385. The Bertz CT molecular complexity index is 513. The summed E-state index contributed by atoms with van der Waals surface area (Å²) in [6.07, 6.45) is 0.487. The van der Waals surface area contributed by atoms with Gasteiger partial charge in [-0.15, -0.1) is 6.58 Å². The van der Waals surface area contributed by atoms with Crippen LogP contribution in [0.15, 0.2) is 24.3 Å². The van der Waals surface area contributed by atoms with Crippen LogP contribution < -0.4 is 15.2 Å². The number of nitrogens with two attached hydrogens (primary N) is 1. The summed E-state index contributed by atoms with van der Waals surface area (Å²) in [6, 6.07) is 2.46. The molecule has 6 nitrogen and oxygen atoms in total. The van der Waals surface area contributed by atoms with Gasteiger partial charge in [0.2, 0.25) is 6.79 Å². The summed E-state index contributed by atoms with van der Waals surface area (Å²) in [5, 5.41) is 11.0. The van der Waals surface area contributed by atoms with Gasteiger partial charge in [0.15, 0.2) is 11.5 Å². The molecule has 1 aromatic carbocycles. The van der Waals surface area contributed by atoms with E-state index >= 15 is 0 Å². The second-order valence-electron chi connectivity index (χ2n) is 4.29. The maximum atomic E-state index is 11.0. The first-order valence-corrected chi connectivity index (χ1v) is 5.47. The number of benzene rings is 1. The van der Waals surface area contributed by atoms with Gasteiger partial charge in [0, 0.05) is 6.04 Å². The topological polar surface area (TPSA) is 87.6 Å². The van der Waals surface area contributed by atoms with E-state index in [2.05, 4.69) is 6.58 Å². The highest BCUT2D eigenvalue weighted by Crippen LogP contribution is 2.40. The van der Waals surface area contributed by atoms with E-state index in [-0.39, 0.29) is 12.5 Å². The van der Waals surface area contributed by atoms with Gasteiger partial charge >= 0.3 is 0 Å². The molecule has 1 aliphatic rings. The largest absolute Gasteiger partial charge is 0.454 e. The Morgan fingerprint density at radius 2 is 2.17 bits per heavy atom. The number of fused-ring (bicyclic) bond motifs is 1. The number of ether oxygens (including phenoxy) is 2. The van der Waals surface area contributed by atoms with E-state index in [0.717, 1.165) is 5.57 Å². The third kappa shape index (κ3) is 2.28. The molecule has 0 spiro atoms. The van der Waals surface area contributed by atoms with E-state index in [1.165, 1.54) is 6.07 Å². The van der Waals surface area contributed by atoms with Gasteiger partial charge in [-0.25, -0.2) is 0 Å². The van der Waals surface area contributed by atoms with Gasteiger partial charge in [0.1, 0.15) is 0 Å². The summed E-state index contributed by atoms with van der Waals surface area (Å²) in [4.78, 5) is 10.6. The Morgan fingerprint density at radius 1 is 1.56 bits per heavy atom. The van der Waals surface area contributed by atoms with Gasteiger partial charge in [-0.1, -0.05) is 5.57 Å². The first-order chi connectivity index (χ1) is 8.49. The molecule has 1 aliphatic heterocycles. The fourth-order valence-corrected chi connectivity index (χ4v) is 1.89. The van der Waals surface area contributed by atoms with Crippen LogP contribution >= 0.6 is 0 Å². The molecule has 0 fully saturated rings. The molecule has 6 heteroatoms. The molecule has 18 heavy (non-hydrogen) atoms. The Hall–Kier alpha value is -2.08. The van der Waals surface area contributed by atoms with Crippen molar-refractivity contribution in [2.75, 3.05) is 6.79 Å². The van der Waals surface area contributed by atoms with E-state index in [1.807, 2.05) is 6.92 Å². The zero-order valence-corrected chi connectivity index (χ0v) is 10.0. The summed E-state index contributed by atoms with van der Waals surface area (Å²) in [5.41, 5.74) is 7.23. The van der Waals surface area contributed by atoms with Crippen molar-refractivity contribution in [1.82, 2.24) is 0 Å². The van der Waals surface area contributed by atoms with E-state index in [9.17, 15) is 10.1 Å². The predicted octanol–water partition coefficient (Wildman–Crippen LogP) is 2.29. The average molecular weight is 250 g/mol. The van der Waals surface area contributed by atoms with Crippen molar-refractivity contribution in [3.05, 3.63) is 40.0 Å². The van der Waals surface area contributed by atoms with Crippen LogP contribution in [0.3, 0.4) is 0 Å². The van der Waals surface area contributed by atoms with Crippen LogP contribution in [0.1, 0.15) is 24.9 Å². The molecule has 0 bridgehead atoms. The van der Waals surface area contributed by atoms with Gasteiger partial charge in [-0.2, -0.15) is 0 Å². The van der Waals surface area contributed by atoms with Crippen molar-refractivity contribution in [3.8, 4) is 11.5 Å². The first kappa shape index (κ1) is 12.4. The summed E-state index contributed by atoms with van der Waals surface area (Å²) in [7, 11) is 0. The highest BCUT2D eigenvalue weighted by molar-refractivity contribution is 5.56. The third-order valence-electron chi connectivity index (χ3n) is 2.69. The Balaban J connectivity index is 2.44. The Labute approximate surface area is 104 Å². The minimum atomic E-state index is -0.475. The predicted molar refractivity (Wildman–Crippen MR) is 65.6 cm³/mol. The minimum Gasteiger partial charge on any atom is -0.454 e. The van der Waals surface area contributed by atoms with Crippen molar-refractivity contribution in [2.45, 2.75) is 19.4 Å². The number of hydrogen-bond donors (Lipinski definition) is 1. The monoisotopic (exact) mass is 250 g/mol. The normalized spacial score (nSPS) is 14.3. The molecule has 1 heterocycles. The number of rotatable bonds is 4. The van der Waals surface area contributed by atoms with Crippen LogP contribution in [-0.2, 0) is 0 Å². The molecule has 0 unspecified atom stereocenters.